The van der Waals surface area contributed by atoms with Gasteiger partial charge in [-0.05, 0) is 57.6 Å². The SMILES string of the molecule is CN1CCN(CC(=O)c2ccc(O)c3c2C[C@H]2C[C@@H]4[C@H](N(C)C)C(=O)C(C(N)=O)=C(O)[C@@]4(O)C(=O)C2=C3O)CC1. The summed E-state index contributed by atoms with van der Waals surface area (Å²) in [6.45, 7) is 3.25. The fraction of sp³-hybridized carbons (Fsp3) is 0.500. The number of nitrogens with zero attached hydrogens (tertiary/aromatic N) is 3. The van der Waals surface area contributed by atoms with E-state index in [2.05, 4.69) is 4.90 Å². The zero-order chi connectivity index (χ0) is 29.3. The van der Waals surface area contributed by atoms with Crippen molar-refractivity contribution in [1.29, 1.82) is 0 Å². The summed E-state index contributed by atoms with van der Waals surface area (Å²) in [6.07, 6.45) is 0.0419. The second-order valence-electron chi connectivity index (χ2n) is 11.4. The summed E-state index contributed by atoms with van der Waals surface area (Å²) in [5.41, 5.74) is 2.15. The van der Waals surface area contributed by atoms with Gasteiger partial charge in [0.2, 0.25) is 5.78 Å². The van der Waals surface area contributed by atoms with Gasteiger partial charge in [0.1, 0.15) is 22.8 Å². The Morgan fingerprint density at radius 1 is 1.10 bits per heavy atom. The molecular weight excluding hydrogens is 520 g/mol. The molecule has 1 aromatic carbocycles. The molecule has 0 radical (unpaired) electrons. The number of nitrogens with two attached hydrogens (primary N) is 1. The highest BCUT2D eigenvalue weighted by molar-refractivity contribution is 6.24. The van der Waals surface area contributed by atoms with Gasteiger partial charge in [0.15, 0.2) is 17.2 Å². The van der Waals surface area contributed by atoms with Crippen molar-refractivity contribution in [2.75, 3.05) is 53.9 Å². The smallest absolute Gasteiger partial charge is 0.255 e. The zero-order valence-electron chi connectivity index (χ0n) is 22.7. The lowest BCUT2D eigenvalue weighted by atomic mass is 9.57. The lowest BCUT2D eigenvalue weighted by molar-refractivity contribution is -0.153. The van der Waals surface area contributed by atoms with E-state index in [1.165, 1.54) is 17.0 Å². The van der Waals surface area contributed by atoms with Gasteiger partial charge in [0, 0.05) is 43.2 Å². The highest BCUT2D eigenvalue weighted by atomic mass is 16.3. The molecular formula is C28H34N4O8. The van der Waals surface area contributed by atoms with Crippen LogP contribution in [0.2, 0.25) is 0 Å². The molecule has 1 saturated carbocycles. The van der Waals surface area contributed by atoms with Crippen LogP contribution in [0.4, 0.5) is 0 Å². The van der Waals surface area contributed by atoms with Crippen LogP contribution in [0.25, 0.3) is 5.76 Å². The Kier molecular flexibility index (Phi) is 6.86. The first kappa shape index (κ1) is 28.0. The molecule has 1 aliphatic heterocycles. The third kappa shape index (κ3) is 4.05. The number of aliphatic hydroxyl groups is 3. The fourth-order valence-electron chi connectivity index (χ4n) is 6.80. The van der Waals surface area contributed by atoms with Crippen LogP contribution in [0.15, 0.2) is 29.0 Å². The predicted octanol–water partition coefficient (Wildman–Crippen LogP) is -0.606. The Balaban J connectivity index is 1.60. The molecule has 2 fully saturated rings. The molecule has 3 aliphatic carbocycles. The van der Waals surface area contributed by atoms with Crippen LogP contribution in [-0.2, 0) is 20.8 Å². The number of phenols is 1. The Morgan fingerprint density at radius 3 is 2.35 bits per heavy atom. The standard InChI is InChI=1S/C28H34N4O8/c1-30(2)22-16-11-13-10-15-14(18(34)12-32-8-6-31(3)7-9-32)4-5-17(33)20(15)23(35)19(13)25(37)28(16,40)26(38)21(24(22)36)27(29)39/h4-5,13,16,22,33,35,38,40H,6-12H2,1-3H3,(H2,29,39)/t13-,16+,22-,28-/m0/s1. The Bertz CT molecular complexity index is 1390. The van der Waals surface area contributed by atoms with Gasteiger partial charge in [0.25, 0.3) is 5.91 Å². The van der Waals surface area contributed by atoms with E-state index < -0.39 is 58.0 Å². The Hall–Kier alpha value is -3.58. The van der Waals surface area contributed by atoms with Crippen molar-refractivity contribution in [3.8, 4) is 5.75 Å². The number of aromatic hydroxyl groups is 1. The summed E-state index contributed by atoms with van der Waals surface area (Å²) in [5.74, 6) is -7.38. The van der Waals surface area contributed by atoms with E-state index in [-0.39, 0.29) is 42.1 Å². The van der Waals surface area contributed by atoms with Crippen LogP contribution >= 0.6 is 0 Å². The lowest BCUT2D eigenvalue weighted by Crippen LogP contribution is -2.65. The number of carbonyl (C=O) groups excluding carboxylic acids is 4. The molecule has 1 amide bonds. The number of primary amides is 1. The number of hydrogen-bond acceptors (Lipinski definition) is 11. The first-order chi connectivity index (χ1) is 18.8. The number of benzene rings is 1. The largest absolute Gasteiger partial charge is 0.508 e. The second kappa shape index (κ2) is 9.81. The normalized spacial score (nSPS) is 29.4. The van der Waals surface area contributed by atoms with Crippen LogP contribution < -0.4 is 5.73 Å². The minimum Gasteiger partial charge on any atom is -0.508 e. The van der Waals surface area contributed by atoms with Crippen molar-refractivity contribution in [1.82, 2.24) is 14.7 Å². The summed E-state index contributed by atoms with van der Waals surface area (Å²) in [6, 6.07) is 1.62. The van der Waals surface area contributed by atoms with Crippen molar-refractivity contribution in [3.63, 3.8) is 0 Å². The molecule has 4 atom stereocenters. The fourth-order valence-corrected chi connectivity index (χ4v) is 6.80. The number of carbonyl (C=O) groups is 4. The van der Waals surface area contributed by atoms with Crippen molar-refractivity contribution < 1.29 is 39.6 Å². The summed E-state index contributed by atoms with van der Waals surface area (Å²) in [5, 5.41) is 44.7. The Morgan fingerprint density at radius 2 is 1.75 bits per heavy atom. The molecule has 1 aromatic rings. The predicted molar refractivity (Wildman–Crippen MR) is 143 cm³/mol. The Labute approximate surface area is 231 Å². The number of Topliss-reactive ketones (excluding diaryl/α,β-unsaturated/α-hetero) is 3. The molecule has 0 unspecified atom stereocenters. The van der Waals surface area contributed by atoms with Gasteiger partial charge in [-0.15, -0.1) is 0 Å². The van der Waals surface area contributed by atoms with Gasteiger partial charge in [-0.2, -0.15) is 0 Å². The van der Waals surface area contributed by atoms with Crippen LogP contribution in [0.5, 0.6) is 5.75 Å². The quantitative estimate of drug-likeness (QED) is 0.231. The zero-order valence-corrected chi connectivity index (χ0v) is 22.7. The van der Waals surface area contributed by atoms with Crippen molar-refractivity contribution in [3.05, 3.63) is 45.7 Å². The molecule has 0 bridgehead atoms. The van der Waals surface area contributed by atoms with Crippen molar-refractivity contribution >= 4 is 29.0 Å². The molecule has 0 aromatic heterocycles. The van der Waals surface area contributed by atoms with Gasteiger partial charge in [-0.1, -0.05) is 0 Å². The average Bonchev–Trinajstić information content (AvgIpc) is 2.87. The number of ketones is 3. The average molecular weight is 555 g/mol. The molecule has 12 nitrogen and oxygen atoms in total. The molecule has 1 heterocycles. The van der Waals surface area contributed by atoms with E-state index in [1.807, 2.05) is 11.9 Å². The summed E-state index contributed by atoms with van der Waals surface area (Å²) in [7, 11) is 5.10. The van der Waals surface area contributed by atoms with Crippen LogP contribution in [0.1, 0.15) is 27.9 Å². The number of phenolic OH excluding ortho intramolecular Hbond substituents is 1. The van der Waals surface area contributed by atoms with Crippen LogP contribution in [0, 0.1) is 11.8 Å². The van der Waals surface area contributed by atoms with E-state index in [9.17, 15) is 39.6 Å². The third-order valence-electron chi connectivity index (χ3n) is 8.87. The van der Waals surface area contributed by atoms with E-state index >= 15 is 0 Å². The maximum Gasteiger partial charge on any atom is 0.255 e. The second-order valence-corrected chi connectivity index (χ2v) is 11.4. The first-order valence-electron chi connectivity index (χ1n) is 13.2. The van der Waals surface area contributed by atoms with Crippen molar-refractivity contribution in [2.24, 2.45) is 17.6 Å². The molecule has 0 spiro atoms. The molecule has 12 heteroatoms. The molecule has 214 valence electrons. The van der Waals surface area contributed by atoms with Gasteiger partial charge < -0.3 is 31.1 Å². The van der Waals surface area contributed by atoms with Crippen LogP contribution in [0.3, 0.4) is 0 Å². The molecule has 5 rings (SSSR count). The maximum atomic E-state index is 13.9. The summed E-state index contributed by atoms with van der Waals surface area (Å²) in [4.78, 5) is 58.3. The minimum absolute atomic E-state index is 0.0342. The monoisotopic (exact) mass is 554 g/mol. The number of piperazine rings is 1. The van der Waals surface area contributed by atoms with Crippen molar-refractivity contribution in [2.45, 2.75) is 24.5 Å². The van der Waals surface area contributed by atoms with Gasteiger partial charge in [-0.25, -0.2) is 0 Å². The minimum atomic E-state index is -2.70. The molecule has 6 N–H and O–H groups in total. The highest BCUT2D eigenvalue weighted by Gasteiger charge is 2.64. The number of aliphatic hydroxyl groups excluding tert-OH is 2. The molecule has 4 aliphatic rings. The topological polar surface area (TPSA) is 185 Å². The van der Waals surface area contributed by atoms with Gasteiger partial charge >= 0.3 is 0 Å². The van der Waals surface area contributed by atoms with E-state index in [0.717, 1.165) is 26.2 Å². The third-order valence-corrected chi connectivity index (χ3v) is 8.87. The van der Waals surface area contributed by atoms with Crippen LogP contribution in [-0.4, -0.2) is 124 Å². The van der Waals surface area contributed by atoms with Gasteiger partial charge in [-0.3, -0.25) is 29.0 Å². The first-order valence-corrected chi connectivity index (χ1v) is 13.2. The molecule has 1 saturated heterocycles. The number of amides is 1. The summed E-state index contributed by atoms with van der Waals surface area (Å²) < 4.78 is 0. The lowest BCUT2D eigenvalue weighted by Gasteiger charge is -2.50. The molecule has 40 heavy (non-hydrogen) atoms. The number of fused-ring (bicyclic) bond motifs is 3. The van der Waals surface area contributed by atoms with E-state index in [0.29, 0.717) is 11.1 Å². The van der Waals surface area contributed by atoms with E-state index in [1.54, 1.807) is 14.1 Å². The summed E-state index contributed by atoms with van der Waals surface area (Å²) >= 11 is 0. The van der Waals surface area contributed by atoms with Gasteiger partial charge in [0.05, 0.1) is 18.2 Å². The van der Waals surface area contributed by atoms with E-state index in [4.69, 9.17) is 5.73 Å². The number of rotatable bonds is 5. The number of hydrogen-bond donors (Lipinski definition) is 5. The number of likely N-dealkylation sites (N-methyl/N-ethyl adjacent to an activating group) is 2. The highest BCUT2D eigenvalue weighted by Crippen LogP contribution is 2.53. The maximum absolute atomic E-state index is 13.9.